The third-order valence-electron chi connectivity index (χ3n) is 5.69. The predicted octanol–water partition coefficient (Wildman–Crippen LogP) is 2.72. The van der Waals surface area contributed by atoms with Crippen LogP contribution >= 0.6 is 15.9 Å². The van der Waals surface area contributed by atoms with Gasteiger partial charge in [0, 0.05) is 5.56 Å². The second-order valence-corrected chi connectivity index (χ2v) is 9.76. The van der Waals surface area contributed by atoms with Gasteiger partial charge in [0.25, 0.3) is 0 Å². The average Bonchev–Trinajstić information content (AvgIpc) is 2.94. The molecule has 0 unspecified atom stereocenters. The van der Waals surface area contributed by atoms with Gasteiger partial charge in [-0.1, -0.05) is 53.1 Å². The molecule has 42 heavy (non-hydrogen) atoms. The maximum atomic E-state index is 11.6. The first-order chi connectivity index (χ1) is 19.8. The van der Waals surface area contributed by atoms with E-state index in [-0.39, 0.29) is 23.0 Å². The van der Waals surface area contributed by atoms with E-state index >= 15 is 0 Å². The monoisotopic (exact) mass is 638 g/mol. The quantitative estimate of drug-likeness (QED) is 0.189. The van der Waals surface area contributed by atoms with Crippen molar-refractivity contribution in [2.45, 2.75) is 27.7 Å². The van der Waals surface area contributed by atoms with Crippen molar-refractivity contribution in [2.24, 2.45) is 0 Å². The number of carbonyl (C=O) groups excluding carboxylic acids is 2. The van der Waals surface area contributed by atoms with E-state index < -0.39 is 19.1 Å². The molecular weight excluding hydrogens is 607 g/mol. The van der Waals surface area contributed by atoms with Gasteiger partial charge in [-0.3, -0.25) is 0 Å². The minimum Gasteiger partial charge on any atom is -0.464 e. The largest absolute Gasteiger partial charge is 0.488 e. The van der Waals surface area contributed by atoms with Gasteiger partial charge in [0.1, 0.15) is 4.60 Å². The Labute approximate surface area is 252 Å². The molecule has 0 atom stereocenters. The van der Waals surface area contributed by atoms with Crippen LogP contribution < -0.4 is 16.9 Å². The van der Waals surface area contributed by atoms with E-state index in [4.69, 9.17) is 21.5 Å². The number of nitrogens with two attached hydrogens (primary N) is 2. The number of halogens is 1. The summed E-state index contributed by atoms with van der Waals surface area (Å²) in [5.74, 6) is -1.05. The third kappa shape index (κ3) is 9.33. The number of nitrogens with zero attached hydrogens (tertiary/aromatic N) is 4. The van der Waals surface area contributed by atoms with Crippen molar-refractivity contribution in [1.29, 1.82) is 0 Å². The summed E-state index contributed by atoms with van der Waals surface area (Å²) in [4.78, 5) is 38.3. The van der Waals surface area contributed by atoms with Gasteiger partial charge in [-0.2, -0.15) is 0 Å². The predicted molar refractivity (Wildman–Crippen MR) is 164 cm³/mol. The number of hydrogen-bond acceptors (Lipinski definition) is 12. The topological polar surface area (TPSA) is 197 Å². The van der Waals surface area contributed by atoms with Crippen molar-refractivity contribution in [3.63, 3.8) is 0 Å². The number of aryl methyl sites for hydroxylation is 4. The van der Waals surface area contributed by atoms with Crippen LogP contribution in [0.3, 0.4) is 0 Å². The van der Waals surface area contributed by atoms with Gasteiger partial charge >= 0.3 is 19.1 Å². The molecule has 6 N–H and O–H groups in total. The Bertz CT molecular complexity index is 1570. The van der Waals surface area contributed by atoms with Gasteiger partial charge in [-0.05, 0) is 54.7 Å². The van der Waals surface area contributed by atoms with Crippen LogP contribution in [0.25, 0.3) is 11.3 Å². The molecule has 2 heterocycles. The second kappa shape index (κ2) is 15.6. The number of hydrogen-bond donors (Lipinski definition) is 4. The summed E-state index contributed by atoms with van der Waals surface area (Å²) in [7, 11) is 1.19. The van der Waals surface area contributed by atoms with E-state index in [1.165, 1.54) is 20.4 Å². The number of rotatable bonds is 4. The number of carbonyl (C=O) groups is 2. The molecule has 0 radical (unpaired) electrons. The van der Waals surface area contributed by atoms with Gasteiger partial charge in [0.2, 0.25) is 0 Å². The third-order valence-corrected chi connectivity index (χ3v) is 6.07. The van der Waals surface area contributed by atoms with Crippen LogP contribution in [0.1, 0.15) is 43.2 Å². The Kier molecular flexibility index (Phi) is 12.5. The molecule has 0 fully saturated rings. The molecule has 4 rings (SSSR count). The summed E-state index contributed by atoms with van der Waals surface area (Å²) in [5, 5.41) is 17.7. The molecule has 0 saturated heterocycles. The number of nitrogen functional groups attached to an aromatic ring is 2. The minimum absolute atomic E-state index is 0.0203. The number of methoxy groups -OCH3 is 2. The fourth-order valence-corrected chi connectivity index (χ4v) is 3.89. The Morgan fingerprint density at radius 1 is 0.786 bits per heavy atom. The lowest BCUT2D eigenvalue weighted by Crippen LogP contribution is -2.31. The maximum absolute atomic E-state index is 11.6. The summed E-state index contributed by atoms with van der Waals surface area (Å²) in [6, 6.07) is 11.5. The first-order valence-electron chi connectivity index (χ1n) is 12.4. The van der Waals surface area contributed by atoms with Gasteiger partial charge < -0.3 is 31.0 Å². The number of anilines is 2. The highest BCUT2D eigenvalue weighted by Gasteiger charge is 2.16. The van der Waals surface area contributed by atoms with Crippen LogP contribution in [0.5, 0.6) is 0 Å². The summed E-state index contributed by atoms with van der Waals surface area (Å²) in [5.41, 5.74) is 17.4. The molecule has 4 aromatic rings. The zero-order valence-electron chi connectivity index (χ0n) is 24.0. The van der Waals surface area contributed by atoms with Gasteiger partial charge in [0.05, 0.1) is 32.3 Å². The Balaban J connectivity index is 0.000000233. The lowest BCUT2D eigenvalue weighted by atomic mass is 9.77. The number of ether oxygens (including phenoxy) is 2. The van der Waals surface area contributed by atoms with Crippen molar-refractivity contribution in [1.82, 2.24) is 19.9 Å². The Hall–Kier alpha value is -4.40. The molecule has 2 aromatic heterocycles. The standard InChI is InChI=1S/C14H15N3O2.C8H11BO2.C6H6BrN3O2/c1-8-4-5-10(9(2)6-8)11-7-16-13(15)12(17-11)14(18)19-3;1-6-3-4-8(9(10)11)7(2)5-6;1-12-6(11)4-5(8)9-2-3(7)10-4/h4-7H,1-3H3,(H2,15,16);3-5,10-11H,1-2H3;2H,1H3,(H2,8,9). The van der Waals surface area contributed by atoms with Crippen LogP contribution in [0.2, 0.25) is 0 Å². The van der Waals surface area contributed by atoms with Crippen molar-refractivity contribution in [3.05, 3.63) is 87.0 Å². The highest BCUT2D eigenvalue weighted by Crippen LogP contribution is 2.23. The molecule has 0 aliphatic carbocycles. The molecule has 12 nitrogen and oxygen atoms in total. The molecule has 0 bridgehead atoms. The molecule has 2 aromatic carbocycles. The van der Waals surface area contributed by atoms with Crippen LogP contribution in [0.4, 0.5) is 11.6 Å². The summed E-state index contributed by atoms with van der Waals surface area (Å²) < 4.78 is 9.51. The second-order valence-electron chi connectivity index (χ2n) is 8.95. The van der Waals surface area contributed by atoms with Crippen molar-refractivity contribution in [2.75, 3.05) is 25.7 Å². The number of benzene rings is 2. The van der Waals surface area contributed by atoms with E-state index in [2.05, 4.69) is 45.3 Å². The SMILES string of the molecule is COC(=O)c1nc(-c2ccc(C)cc2C)cnc1N.COC(=O)c1nc(Br)cnc1N.Cc1ccc(B(O)O)c(C)c1. The molecular formula is C28H32BBrN6O6. The van der Waals surface area contributed by atoms with Crippen LogP contribution in [0, 0.1) is 27.7 Å². The first kappa shape index (κ1) is 33.8. The summed E-state index contributed by atoms with van der Waals surface area (Å²) in [6.07, 6.45) is 2.96. The smallest absolute Gasteiger partial charge is 0.464 e. The van der Waals surface area contributed by atoms with Gasteiger partial charge in [0.15, 0.2) is 23.0 Å². The van der Waals surface area contributed by atoms with Gasteiger partial charge in [-0.15, -0.1) is 0 Å². The molecule has 0 amide bonds. The molecule has 14 heteroatoms. The van der Waals surface area contributed by atoms with E-state index in [1.807, 2.05) is 58.0 Å². The normalized spacial score (nSPS) is 9.93. The first-order valence-corrected chi connectivity index (χ1v) is 13.2. The zero-order valence-corrected chi connectivity index (χ0v) is 25.6. The average molecular weight is 639 g/mol. The zero-order chi connectivity index (χ0) is 31.6. The Morgan fingerprint density at radius 3 is 1.79 bits per heavy atom. The molecule has 0 spiro atoms. The van der Waals surface area contributed by atoms with Crippen LogP contribution in [-0.2, 0) is 9.47 Å². The van der Waals surface area contributed by atoms with E-state index in [0.29, 0.717) is 15.8 Å². The van der Waals surface area contributed by atoms with Gasteiger partial charge in [-0.25, -0.2) is 29.5 Å². The van der Waals surface area contributed by atoms with Crippen LogP contribution in [-0.4, -0.2) is 63.3 Å². The highest BCUT2D eigenvalue weighted by molar-refractivity contribution is 9.10. The maximum Gasteiger partial charge on any atom is 0.488 e. The number of esters is 2. The van der Waals surface area contributed by atoms with Crippen LogP contribution in [0.15, 0.2) is 53.4 Å². The lowest BCUT2D eigenvalue weighted by Gasteiger charge is -2.08. The summed E-state index contributed by atoms with van der Waals surface area (Å²) >= 11 is 3.06. The van der Waals surface area contributed by atoms with Crippen molar-refractivity contribution in [3.8, 4) is 11.3 Å². The minimum atomic E-state index is -1.35. The molecule has 0 aliphatic rings. The summed E-state index contributed by atoms with van der Waals surface area (Å²) in [6.45, 7) is 7.84. The molecule has 0 aliphatic heterocycles. The Morgan fingerprint density at radius 2 is 1.29 bits per heavy atom. The molecule has 220 valence electrons. The van der Waals surface area contributed by atoms with Crippen molar-refractivity contribution < 1.29 is 29.1 Å². The van der Waals surface area contributed by atoms with Crippen molar-refractivity contribution >= 4 is 52.1 Å². The fourth-order valence-electron chi connectivity index (χ4n) is 3.62. The van der Waals surface area contributed by atoms with E-state index in [0.717, 1.165) is 27.8 Å². The van der Waals surface area contributed by atoms with E-state index in [1.54, 1.807) is 12.3 Å². The lowest BCUT2D eigenvalue weighted by molar-refractivity contribution is 0.0586. The van der Waals surface area contributed by atoms with E-state index in [9.17, 15) is 9.59 Å². The highest BCUT2D eigenvalue weighted by atomic mass is 79.9. The number of aromatic nitrogens is 4. The fraction of sp³-hybridized carbons (Fsp3) is 0.214. The molecule has 0 saturated carbocycles.